The SMILES string of the molecule is CCC(=O)c1c(C)nn(CCS(=O)(=O)C(C)(C)C)c1C. The van der Waals surface area contributed by atoms with Crippen LogP contribution in [0.4, 0.5) is 0 Å². The summed E-state index contributed by atoms with van der Waals surface area (Å²) in [5, 5.41) is 4.30. The van der Waals surface area contributed by atoms with Crippen LogP contribution in [0.3, 0.4) is 0 Å². The molecule has 0 amide bonds. The van der Waals surface area contributed by atoms with E-state index in [-0.39, 0.29) is 18.1 Å². The number of Topliss-reactive ketones (excluding diaryl/α,β-unsaturated/α-hetero) is 1. The molecule has 0 aliphatic rings. The topological polar surface area (TPSA) is 69.0 Å². The summed E-state index contributed by atoms with van der Waals surface area (Å²) in [6.45, 7) is 10.8. The Morgan fingerprint density at radius 3 is 2.25 bits per heavy atom. The van der Waals surface area contributed by atoms with Gasteiger partial charge in [-0.05, 0) is 34.6 Å². The number of ketones is 1. The minimum Gasteiger partial charge on any atom is -0.294 e. The van der Waals surface area contributed by atoms with E-state index in [4.69, 9.17) is 0 Å². The molecule has 20 heavy (non-hydrogen) atoms. The first-order valence-corrected chi connectivity index (χ1v) is 8.46. The van der Waals surface area contributed by atoms with E-state index in [1.165, 1.54) is 0 Å². The molecule has 1 rings (SSSR count). The molecule has 0 aromatic carbocycles. The van der Waals surface area contributed by atoms with Crippen LogP contribution >= 0.6 is 0 Å². The summed E-state index contributed by atoms with van der Waals surface area (Å²) < 4.78 is 25.1. The molecule has 5 nitrogen and oxygen atoms in total. The van der Waals surface area contributed by atoms with Crippen molar-refractivity contribution in [1.29, 1.82) is 0 Å². The zero-order chi connectivity index (χ0) is 15.7. The number of carbonyl (C=O) groups is 1. The lowest BCUT2D eigenvalue weighted by atomic mass is 10.1. The maximum atomic E-state index is 12.1. The van der Waals surface area contributed by atoms with Gasteiger partial charge in [-0.15, -0.1) is 0 Å². The Hall–Kier alpha value is -1.17. The van der Waals surface area contributed by atoms with Crippen molar-refractivity contribution in [1.82, 2.24) is 9.78 Å². The fraction of sp³-hybridized carbons (Fsp3) is 0.714. The van der Waals surface area contributed by atoms with Crippen molar-refractivity contribution in [3.63, 3.8) is 0 Å². The number of aryl methyl sites for hydroxylation is 2. The second-order valence-corrected chi connectivity index (χ2v) is 8.84. The van der Waals surface area contributed by atoms with Crippen molar-refractivity contribution in [2.45, 2.75) is 59.3 Å². The first kappa shape index (κ1) is 16.9. The lowest BCUT2D eigenvalue weighted by Gasteiger charge is -2.19. The highest BCUT2D eigenvalue weighted by Gasteiger charge is 2.29. The summed E-state index contributed by atoms with van der Waals surface area (Å²) in [7, 11) is -3.19. The summed E-state index contributed by atoms with van der Waals surface area (Å²) in [5.74, 6) is 0.0722. The second kappa shape index (κ2) is 5.68. The van der Waals surface area contributed by atoms with Gasteiger partial charge in [-0.2, -0.15) is 5.10 Å². The van der Waals surface area contributed by atoms with Crippen LogP contribution in [0.2, 0.25) is 0 Å². The molecule has 0 atom stereocenters. The van der Waals surface area contributed by atoms with E-state index in [0.29, 0.717) is 17.7 Å². The number of nitrogens with zero attached hydrogens (tertiary/aromatic N) is 2. The van der Waals surface area contributed by atoms with Crippen molar-refractivity contribution >= 4 is 15.6 Å². The minimum absolute atomic E-state index is 0.0260. The average Bonchev–Trinajstić information content (AvgIpc) is 2.59. The van der Waals surface area contributed by atoms with Gasteiger partial charge < -0.3 is 0 Å². The molecule has 1 heterocycles. The van der Waals surface area contributed by atoms with Crippen LogP contribution in [0.15, 0.2) is 0 Å². The molecule has 0 radical (unpaired) electrons. The third kappa shape index (κ3) is 3.29. The second-order valence-electron chi connectivity index (χ2n) is 5.98. The van der Waals surface area contributed by atoms with Crippen molar-refractivity contribution in [2.24, 2.45) is 0 Å². The molecule has 0 N–H and O–H groups in total. The normalized spacial score (nSPS) is 12.7. The van der Waals surface area contributed by atoms with Gasteiger partial charge in [-0.25, -0.2) is 8.42 Å². The number of rotatable bonds is 5. The van der Waals surface area contributed by atoms with Gasteiger partial charge in [0.15, 0.2) is 15.6 Å². The Morgan fingerprint density at radius 1 is 1.25 bits per heavy atom. The third-order valence-electron chi connectivity index (χ3n) is 3.49. The van der Waals surface area contributed by atoms with Crippen molar-refractivity contribution < 1.29 is 13.2 Å². The van der Waals surface area contributed by atoms with Gasteiger partial charge in [0.05, 0.1) is 28.3 Å². The average molecular weight is 300 g/mol. The molecule has 0 aliphatic carbocycles. The highest BCUT2D eigenvalue weighted by atomic mass is 32.2. The maximum absolute atomic E-state index is 12.1. The smallest absolute Gasteiger partial charge is 0.166 e. The van der Waals surface area contributed by atoms with E-state index in [1.807, 2.05) is 13.8 Å². The molecule has 114 valence electrons. The highest BCUT2D eigenvalue weighted by molar-refractivity contribution is 7.92. The summed E-state index contributed by atoms with van der Waals surface area (Å²) in [6.07, 6.45) is 0.424. The third-order valence-corrected chi connectivity index (χ3v) is 6.07. The Balaban J connectivity index is 3.00. The minimum atomic E-state index is -3.19. The van der Waals surface area contributed by atoms with E-state index in [9.17, 15) is 13.2 Å². The van der Waals surface area contributed by atoms with Crippen LogP contribution in [-0.2, 0) is 16.4 Å². The van der Waals surface area contributed by atoms with E-state index < -0.39 is 14.6 Å². The fourth-order valence-corrected chi connectivity index (χ4v) is 3.03. The zero-order valence-electron chi connectivity index (χ0n) is 13.1. The number of hydrogen-bond donors (Lipinski definition) is 0. The van der Waals surface area contributed by atoms with E-state index in [0.717, 1.165) is 5.69 Å². The molecular formula is C14H24N2O3S. The monoisotopic (exact) mass is 300 g/mol. The van der Waals surface area contributed by atoms with Crippen LogP contribution in [0.5, 0.6) is 0 Å². The lowest BCUT2D eigenvalue weighted by Crippen LogP contribution is -2.32. The number of carbonyl (C=O) groups excluding carboxylic acids is 1. The molecule has 0 spiro atoms. The van der Waals surface area contributed by atoms with Crippen LogP contribution in [0.25, 0.3) is 0 Å². The van der Waals surface area contributed by atoms with Crippen molar-refractivity contribution in [2.75, 3.05) is 5.75 Å². The molecule has 0 saturated heterocycles. The quantitative estimate of drug-likeness (QED) is 0.782. The van der Waals surface area contributed by atoms with E-state index in [1.54, 1.807) is 32.4 Å². The van der Waals surface area contributed by atoms with Gasteiger partial charge >= 0.3 is 0 Å². The maximum Gasteiger partial charge on any atom is 0.166 e. The Labute approximate surface area is 121 Å². The van der Waals surface area contributed by atoms with Crippen LogP contribution in [0, 0.1) is 13.8 Å². The van der Waals surface area contributed by atoms with Gasteiger partial charge in [0.1, 0.15) is 0 Å². The van der Waals surface area contributed by atoms with Crippen LogP contribution in [-0.4, -0.2) is 34.5 Å². The summed E-state index contributed by atoms with van der Waals surface area (Å²) in [5.41, 5.74) is 2.04. The molecule has 0 fully saturated rings. The Kier molecular flexibility index (Phi) is 4.79. The molecular weight excluding hydrogens is 276 g/mol. The van der Waals surface area contributed by atoms with E-state index >= 15 is 0 Å². The summed E-state index contributed by atoms with van der Waals surface area (Å²) in [6, 6.07) is 0. The molecule has 6 heteroatoms. The van der Waals surface area contributed by atoms with Crippen molar-refractivity contribution in [3.8, 4) is 0 Å². The lowest BCUT2D eigenvalue weighted by molar-refractivity contribution is 0.0987. The highest BCUT2D eigenvalue weighted by Crippen LogP contribution is 2.18. The molecule has 0 saturated carbocycles. The van der Waals surface area contributed by atoms with E-state index in [2.05, 4.69) is 5.10 Å². The van der Waals surface area contributed by atoms with Gasteiger partial charge in [-0.1, -0.05) is 6.92 Å². The van der Waals surface area contributed by atoms with Crippen LogP contribution < -0.4 is 0 Å². The Morgan fingerprint density at radius 2 is 1.80 bits per heavy atom. The molecule has 0 bridgehead atoms. The largest absolute Gasteiger partial charge is 0.294 e. The fourth-order valence-electron chi connectivity index (χ4n) is 2.01. The summed E-state index contributed by atoms with van der Waals surface area (Å²) >= 11 is 0. The van der Waals surface area contributed by atoms with Crippen LogP contribution in [0.1, 0.15) is 55.9 Å². The van der Waals surface area contributed by atoms with Crippen molar-refractivity contribution in [3.05, 3.63) is 17.0 Å². The molecule has 1 aromatic rings. The number of sulfone groups is 1. The first-order chi connectivity index (χ1) is 9.01. The van der Waals surface area contributed by atoms with Gasteiger partial charge in [0.2, 0.25) is 0 Å². The van der Waals surface area contributed by atoms with Gasteiger partial charge in [0, 0.05) is 12.1 Å². The predicted molar refractivity (Wildman–Crippen MR) is 79.9 cm³/mol. The molecule has 0 aliphatic heterocycles. The molecule has 1 aromatic heterocycles. The summed E-state index contributed by atoms with van der Waals surface area (Å²) in [4.78, 5) is 11.9. The number of aromatic nitrogens is 2. The predicted octanol–water partition coefficient (Wildman–Crippen LogP) is 2.31. The zero-order valence-corrected chi connectivity index (χ0v) is 14.0. The standard InChI is InChI=1S/C14H24N2O3S/c1-7-12(17)13-10(2)15-16(11(13)3)8-9-20(18,19)14(4,5)6/h7-9H2,1-6H3. The first-order valence-electron chi connectivity index (χ1n) is 6.80. The molecule has 0 unspecified atom stereocenters. The van der Waals surface area contributed by atoms with Gasteiger partial charge in [0.25, 0.3) is 0 Å². The van der Waals surface area contributed by atoms with Gasteiger partial charge in [-0.3, -0.25) is 9.48 Å². The Bertz CT molecular complexity index is 607. The number of hydrogen-bond acceptors (Lipinski definition) is 4.